The minimum Gasteiger partial charge on any atom is -0.358 e. The highest BCUT2D eigenvalue weighted by molar-refractivity contribution is 5.90. The van der Waals surface area contributed by atoms with E-state index in [1.54, 1.807) is 0 Å². The molecule has 1 aromatic heterocycles. The largest absolute Gasteiger partial charge is 0.358 e. The van der Waals surface area contributed by atoms with E-state index < -0.39 is 0 Å². The molecule has 0 saturated carbocycles. The lowest BCUT2D eigenvalue weighted by Crippen LogP contribution is -2.54. The van der Waals surface area contributed by atoms with Crippen molar-refractivity contribution in [1.29, 1.82) is 0 Å². The van der Waals surface area contributed by atoms with Crippen LogP contribution < -0.4 is 0 Å². The summed E-state index contributed by atoms with van der Waals surface area (Å²) < 4.78 is 0. The summed E-state index contributed by atoms with van der Waals surface area (Å²) >= 11 is 0. The Morgan fingerprint density at radius 2 is 1.67 bits per heavy atom. The summed E-state index contributed by atoms with van der Waals surface area (Å²) in [5, 5.41) is 1.14. The van der Waals surface area contributed by atoms with Crippen molar-refractivity contribution < 1.29 is 9.59 Å². The zero-order chi connectivity index (χ0) is 19.6. The molecule has 0 aliphatic carbocycles. The van der Waals surface area contributed by atoms with Crippen LogP contribution in [0.5, 0.6) is 0 Å². The molecule has 0 bridgehead atoms. The second-order valence-electron chi connectivity index (χ2n) is 7.28. The molecule has 1 fully saturated rings. The Morgan fingerprint density at radius 1 is 1.04 bits per heavy atom. The molecule has 3 rings (SSSR count). The van der Waals surface area contributed by atoms with Crippen LogP contribution in [0.2, 0.25) is 0 Å². The Hall–Kier alpha value is -2.50. The van der Waals surface area contributed by atoms with Crippen LogP contribution in [-0.4, -0.2) is 70.9 Å². The van der Waals surface area contributed by atoms with E-state index >= 15 is 0 Å². The quantitative estimate of drug-likeness (QED) is 0.900. The Morgan fingerprint density at radius 3 is 2.30 bits per heavy atom. The average molecular weight is 370 g/mol. The molecule has 146 valence electrons. The van der Waals surface area contributed by atoms with Crippen molar-refractivity contribution in [2.75, 3.05) is 39.3 Å². The fourth-order valence-corrected chi connectivity index (χ4v) is 3.83. The van der Waals surface area contributed by atoms with Crippen LogP contribution in [0.1, 0.15) is 30.7 Å². The molecule has 0 unspecified atom stereocenters. The lowest BCUT2D eigenvalue weighted by molar-refractivity contribution is -0.131. The number of nitrogens with zero attached hydrogens (tertiary/aromatic N) is 3. The molecule has 3 amide bonds. The number of benzene rings is 1. The Balaban J connectivity index is 1.65. The molecular formula is C21H30N4O2. The molecule has 0 spiro atoms. The SMILES string of the molecule is CCN(CC)C(=O)N1CCN(C(=O)Cc2c(C)[nH]c3ccc(C)cc23)CC1. The van der Waals surface area contributed by atoms with E-state index in [-0.39, 0.29) is 11.9 Å². The van der Waals surface area contributed by atoms with E-state index in [4.69, 9.17) is 0 Å². The van der Waals surface area contributed by atoms with Gasteiger partial charge in [0.15, 0.2) is 0 Å². The highest BCUT2D eigenvalue weighted by Gasteiger charge is 2.26. The molecular weight excluding hydrogens is 340 g/mol. The number of fused-ring (bicyclic) bond motifs is 1. The Labute approximate surface area is 161 Å². The molecule has 2 aromatic rings. The fourth-order valence-electron chi connectivity index (χ4n) is 3.83. The van der Waals surface area contributed by atoms with Crippen LogP contribution in [0.25, 0.3) is 10.9 Å². The van der Waals surface area contributed by atoms with E-state index in [1.807, 2.05) is 35.5 Å². The van der Waals surface area contributed by atoms with E-state index in [0.717, 1.165) is 22.2 Å². The first-order valence-corrected chi connectivity index (χ1v) is 9.84. The average Bonchev–Trinajstić information content (AvgIpc) is 2.97. The lowest BCUT2D eigenvalue weighted by atomic mass is 10.0. The van der Waals surface area contributed by atoms with E-state index in [1.165, 1.54) is 5.56 Å². The third-order valence-corrected chi connectivity index (χ3v) is 5.54. The molecule has 6 heteroatoms. The molecule has 1 aliphatic rings. The number of piperazine rings is 1. The molecule has 2 heterocycles. The van der Waals surface area contributed by atoms with Gasteiger partial charge in [-0.2, -0.15) is 0 Å². The maximum absolute atomic E-state index is 12.9. The number of urea groups is 1. The van der Waals surface area contributed by atoms with Gasteiger partial charge in [-0.3, -0.25) is 4.79 Å². The molecule has 1 aliphatic heterocycles. The number of aryl methyl sites for hydroxylation is 2. The van der Waals surface area contributed by atoms with Crippen molar-refractivity contribution in [2.24, 2.45) is 0 Å². The summed E-state index contributed by atoms with van der Waals surface area (Å²) in [6.07, 6.45) is 0.402. The van der Waals surface area contributed by atoms with Gasteiger partial charge < -0.3 is 19.7 Å². The summed E-state index contributed by atoms with van der Waals surface area (Å²) in [5.74, 6) is 0.135. The van der Waals surface area contributed by atoms with Gasteiger partial charge >= 0.3 is 6.03 Å². The third-order valence-electron chi connectivity index (χ3n) is 5.54. The van der Waals surface area contributed by atoms with Crippen LogP contribution >= 0.6 is 0 Å². The number of aromatic amines is 1. The number of rotatable bonds is 4. The molecule has 27 heavy (non-hydrogen) atoms. The van der Waals surface area contributed by atoms with Gasteiger partial charge in [-0.05, 0) is 45.4 Å². The van der Waals surface area contributed by atoms with Crippen LogP contribution in [0.3, 0.4) is 0 Å². The van der Waals surface area contributed by atoms with Gasteiger partial charge in [-0.25, -0.2) is 4.79 Å². The number of nitrogens with one attached hydrogen (secondary N) is 1. The first kappa shape index (κ1) is 19.3. The van der Waals surface area contributed by atoms with Crippen molar-refractivity contribution in [1.82, 2.24) is 19.7 Å². The molecule has 0 atom stereocenters. The summed E-state index contributed by atoms with van der Waals surface area (Å²) in [7, 11) is 0. The number of hydrogen-bond donors (Lipinski definition) is 1. The van der Waals surface area contributed by atoms with Crippen LogP contribution in [0.15, 0.2) is 18.2 Å². The van der Waals surface area contributed by atoms with Crippen LogP contribution in [0.4, 0.5) is 4.79 Å². The number of carbonyl (C=O) groups is 2. The highest BCUT2D eigenvalue weighted by Crippen LogP contribution is 2.24. The fraction of sp³-hybridized carbons (Fsp3) is 0.524. The number of amides is 3. The topological polar surface area (TPSA) is 59.7 Å². The maximum Gasteiger partial charge on any atom is 0.320 e. The zero-order valence-corrected chi connectivity index (χ0v) is 16.8. The number of hydrogen-bond acceptors (Lipinski definition) is 2. The minimum atomic E-state index is 0.0787. The normalized spacial score (nSPS) is 14.7. The molecule has 1 aromatic carbocycles. The Kier molecular flexibility index (Phi) is 5.73. The summed E-state index contributed by atoms with van der Waals surface area (Å²) in [6, 6.07) is 6.37. The van der Waals surface area contributed by atoms with Crippen molar-refractivity contribution >= 4 is 22.8 Å². The third kappa shape index (κ3) is 3.94. The van der Waals surface area contributed by atoms with Gasteiger partial charge in [0.25, 0.3) is 0 Å². The summed E-state index contributed by atoms with van der Waals surface area (Å²) in [5.41, 5.74) is 4.41. The predicted octanol–water partition coefficient (Wildman–Crippen LogP) is 2.93. The van der Waals surface area contributed by atoms with Gasteiger partial charge in [-0.1, -0.05) is 11.6 Å². The van der Waals surface area contributed by atoms with E-state index in [9.17, 15) is 9.59 Å². The number of aromatic nitrogens is 1. The minimum absolute atomic E-state index is 0.0787. The number of carbonyl (C=O) groups excluding carboxylic acids is 2. The van der Waals surface area contributed by atoms with Gasteiger partial charge in [-0.15, -0.1) is 0 Å². The summed E-state index contributed by atoms with van der Waals surface area (Å²) in [6.45, 7) is 11.9. The van der Waals surface area contributed by atoms with Gasteiger partial charge in [0, 0.05) is 55.9 Å². The first-order valence-electron chi connectivity index (χ1n) is 9.84. The Bertz CT molecular complexity index is 830. The van der Waals surface area contributed by atoms with E-state index in [0.29, 0.717) is 45.7 Å². The van der Waals surface area contributed by atoms with Gasteiger partial charge in [0.1, 0.15) is 0 Å². The standard InChI is InChI=1S/C21H30N4O2/c1-5-23(6-2)21(27)25-11-9-24(10-12-25)20(26)14-17-16(4)22-19-8-7-15(3)13-18(17)19/h7-8,13,22H,5-6,9-12,14H2,1-4H3. The van der Waals surface area contributed by atoms with E-state index in [2.05, 4.69) is 30.1 Å². The first-order chi connectivity index (χ1) is 12.9. The monoisotopic (exact) mass is 370 g/mol. The summed E-state index contributed by atoms with van der Waals surface area (Å²) in [4.78, 5) is 34.3. The second kappa shape index (κ2) is 8.03. The maximum atomic E-state index is 12.9. The molecule has 1 saturated heterocycles. The van der Waals surface area contributed by atoms with Crippen molar-refractivity contribution in [3.8, 4) is 0 Å². The van der Waals surface area contributed by atoms with Crippen LogP contribution in [0, 0.1) is 13.8 Å². The highest BCUT2D eigenvalue weighted by atomic mass is 16.2. The molecule has 6 nitrogen and oxygen atoms in total. The zero-order valence-electron chi connectivity index (χ0n) is 16.8. The smallest absolute Gasteiger partial charge is 0.320 e. The van der Waals surface area contributed by atoms with Gasteiger partial charge in [0.2, 0.25) is 5.91 Å². The van der Waals surface area contributed by atoms with Gasteiger partial charge in [0.05, 0.1) is 6.42 Å². The van der Waals surface area contributed by atoms with Crippen LogP contribution in [-0.2, 0) is 11.2 Å². The van der Waals surface area contributed by atoms with Crippen molar-refractivity contribution in [3.63, 3.8) is 0 Å². The second-order valence-corrected chi connectivity index (χ2v) is 7.28. The lowest BCUT2D eigenvalue weighted by Gasteiger charge is -2.37. The number of H-pyrrole nitrogens is 1. The van der Waals surface area contributed by atoms with Crippen molar-refractivity contribution in [3.05, 3.63) is 35.0 Å². The van der Waals surface area contributed by atoms with Crippen molar-refractivity contribution in [2.45, 2.75) is 34.1 Å². The predicted molar refractivity (Wildman–Crippen MR) is 108 cm³/mol. The molecule has 1 N–H and O–H groups in total. The molecule has 0 radical (unpaired) electrons.